The maximum atomic E-state index is 6.08. The van der Waals surface area contributed by atoms with Crippen LogP contribution in [0.25, 0.3) is 0 Å². The third kappa shape index (κ3) is 3.89. The second-order valence-electron chi connectivity index (χ2n) is 5.60. The van der Waals surface area contributed by atoms with Crippen molar-refractivity contribution in [2.45, 2.75) is 55.9 Å². The lowest BCUT2D eigenvalue weighted by Crippen LogP contribution is -2.22. The average molecular weight is 301 g/mol. The molecule has 1 aliphatic rings. The minimum atomic E-state index is -0.140. The minimum Gasteiger partial charge on any atom is -0.338 e. The molecular weight excluding hydrogens is 278 g/mol. The molecule has 3 unspecified atom stereocenters. The Balaban J connectivity index is 2.01. The van der Waals surface area contributed by atoms with E-state index in [0.29, 0.717) is 27.6 Å². The van der Waals surface area contributed by atoms with E-state index in [1.54, 1.807) is 0 Å². The van der Waals surface area contributed by atoms with Gasteiger partial charge in [-0.25, -0.2) is 0 Å². The molecule has 19 heavy (non-hydrogen) atoms. The Bertz CT molecular complexity index is 410. The molecule has 2 N–H and O–H groups in total. The van der Waals surface area contributed by atoms with Crippen LogP contribution in [-0.4, -0.2) is 26.4 Å². The Morgan fingerprint density at radius 2 is 2.11 bits per heavy atom. The first-order chi connectivity index (χ1) is 8.97. The summed E-state index contributed by atoms with van der Waals surface area (Å²) in [6, 6.07) is -0.140. The molecule has 108 valence electrons. The summed E-state index contributed by atoms with van der Waals surface area (Å²) in [4.78, 5) is 4.51. The smallest absolute Gasteiger partial charge is 0.243 e. The van der Waals surface area contributed by atoms with Crippen LogP contribution in [0.3, 0.4) is 0 Å². The third-order valence-electron chi connectivity index (χ3n) is 3.34. The Morgan fingerprint density at radius 3 is 2.74 bits per heavy atom. The van der Waals surface area contributed by atoms with Gasteiger partial charge in [0.25, 0.3) is 0 Å². The largest absolute Gasteiger partial charge is 0.338 e. The molecule has 6 heteroatoms. The van der Waals surface area contributed by atoms with Crippen molar-refractivity contribution in [2.75, 3.05) is 5.75 Å². The van der Waals surface area contributed by atoms with Crippen molar-refractivity contribution in [3.8, 4) is 0 Å². The van der Waals surface area contributed by atoms with Gasteiger partial charge in [-0.05, 0) is 12.3 Å². The van der Waals surface area contributed by atoms with Crippen molar-refractivity contribution < 1.29 is 4.52 Å². The first-order valence-electron chi connectivity index (χ1n) is 6.83. The van der Waals surface area contributed by atoms with Gasteiger partial charge in [-0.15, -0.1) is 11.8 Å². The van der Waals surface area contributed by atoms with Gasteiger partial charge >= 0.3 is 0 Å². The Labute approximate surface area is 123 Å². The highest BCUT2D eigenvalue weighted by atomic mass is 32.2. The van der Waals surface area contributed by atoms with E-state index in [2.05, 4.69) is 37.8 Å². The molecule has 0 bridgehead atoms. The van der Waals surface area contributed by atoms with Crippen LogP contribution in [0.4, 0.5) is 0 Å². The topological polar surface area (TPSA) is 64.9 Å². The van der Waals surface area contributed by atoms with E-state index in [9.17, 15) is 0 Å². The van der Waals surface area contributed by atoms with Crippen LogP contribution in [0.5, 0.6) is 0 Å². The Kier molecular flexibility index (Phi) is 5.20. The molecule has 1 saturated heterocycles. The second kappa shape index (κ2) is 6.50. The van der Waals surface area contributed by atoms with E-state index >= 15 is 0 Å². The molecule has 0 aliphatic carbocycles. The molecule has 0 radical (unpaired) electrons. The molecule has 2 rings (SSSR count). The lowest BCUT2D eigenvalue weighted by molar-refractivity contribution is 0.332. The van der Waals surface area contributed by atoms with Crippen LogP contribution in [0.15, 0.2) is 4.52 Å². The summed E-state index contributed by atoms with van der Waals surface area (Å²) in [5.41, 5.74) is 6.08. The molecule has 1 fully saturated rings. The standard InChI is InChI=1S/C13H23N3OS2/c1-7(2)5-10(14)13-15-12(16-17-13)11-6-18-8(3)9(4)19-11/h7-11H,5-6,14H2,1-4H3/t8?,9?,10-,11?/m1/s1. The van der Waals surface area contributed by atoms with Gasteiger partial charge in [-0.3, -0.25) is 0 Å². The molecule has 4 nitrogen and oxygen atoms in total. The van der Waals surface area contributed by atoms with Crippen molar-refractivity contribution in [3.63, 3.8) is 0 Å². The number of aromatic nitrogens is 2. The number of hydrogen-bond acceptors (Lipinski definition) is 6. The Morgan fingerprint density at radius 1 is 1.37 bits per heavy atom. The fraction of sp³-hybridized carbons (Fsp3) is 0.846. The van der Waals surface area contributed by atoms with Gasteiger partial charge in [0.2, 0.25) is 5.89 Å². The van der Waals surface area contributed by atoms with E-state index in [0.717, 1.165) is 18.0 Å². The summed E-state index contributed by atoms with van der Waals surface area (Å²) in [7, 11) is 0. The molecule has 2 heterocycles. The van der Waals surface area contributed by atoms with Gasteiger partial charge in [0.05, 0.1) is 11.3 Å². The number of nitrogens with two attached hydrogens (primary N) is 1. The maximum Gasteiger partial charge on any atom is 0.243 e. The first kappa shape index (κ1) is 15.2. The predicted molar refractivity (Wildman–Crippen MR) is 82.4 cm³/mol. The fourth-order valence-electron chi connectivity index (χ4n) is 2.06. The Hall–Kier alpha value is -0.200. The van der Waals surface area contributed by atoms with Crippen molar-refractivity contribution in [2.24, 2.45) is 11.7 Å². The predicted octanol–water partition coefficient (Wildman–Crippen LogP) is 3.41. The summed E-state index contributed by atoms with van der Waals surface area (Å²) < 4.78 is 5.33. The number of nitrogens with zero attached hydrogens (tertiary/aromatic N) is 2. The average Bonchev–Trinajstić information content (AvgIpc) is 2.81. The van der Waals surface area contributed by atoms with E-state index in [1.807, 2.05) is 23.5 Å². The highest BCUT2D eigenvalue weighted by Gasteiger charge is 2.30. The minimum absolute atomic E-state index is 0.140. The zero-order chi connectivity index (χ0) is 14.0. The van der Waals surface area contributed by atoms with E-state index in [4.69, 9.17) is 10.3 Å². The molecule has 0 spiro atoms. The summed E-state index contributed by atoms with van der Waals surface area (Å²) in [6.07, 6.45) is 0.877. The molecule has 1 aliphatic heterocycles. The van der Waals surface area contributed by atoms with Crippen molar-refractivity contribution in [1.82, 2.24) is 10.1 Å². The van der Waals surface area contributed by atoms with Crippen molar-refractivity contribution in [3.05, 3.63) is 11.7 Å². The van der Waals surface area contributed by atoms with Gasteiger partial charge in [0.15, 0.2) is 5.82 Å². The number of rotatable bonds is 4. The summed E-state index contributed by atoms with van der Waals surface area (Å²) >= 11 is 3.92. The van der Waals surface area contributed by atoms with Crippen molar-refractivity contribution in [1.29, 1.82) is 0 Å². The molecular formula is C13H23N3OS2. The molecule has 0 aromatic carbocycles. The molecule has 0 saturated carbocycles. The fourth-order valence-corrected chi connectivity index (χ4v) is 4.89. The van der Waals surface area contributed by atoms with Gasteiger partial charge in [-0.1, -0.05) is 32.9 Å². The first-order valence-corrected chi connectivity index (χ1v) is 8.82. The maximum absolute atomic E-state index is 6.08. The lowest BCUT2D eigenvalue weighted by atomic mass is 10.0. The highest BCUT2D eigenvalue weighted by molar-refractivity contribution is 8.07. The second-order valence-corrected chi connectivity index (χ2v) is 8.59. The normalized spacial score (nSPS) is 29.7. The van der Waals surface area contributed by atoms with E-state index in [-0.39, 0.29) is 6.04 Å². The molecule has 1 aromatic heterocycles. The van der Waals surface area contributed by atoms with Gasteiger partial charge in [-0.2, -0.15) is 16.7 Å². The van der Waals surface area contributed by atoms with Crippen molar-refractivity contribution >= 4 is 23.5 Å². The number of hydrogen-bond donors (Lipinski definition) is 1. The van der Waals surface area contributed by atoms with Crippen LogP contribution in [0.1, 0.15) is 57.1 Å². The quantitative estimate of drug-likeness (QED) is 0.919. The van der Waals surface area contributed by atoms with Crippen LogP contribution in [0.2, 0.25) is 0 Å². The number of thioether (sulfide) groups is 2. The molecule has 1 aromatic rings. The highest BCUT2D eigenvalue weighted by Crippen LogP contribution is 2.43. The lowest BCUT2D eigenvalue weighted by Gasteiger charge is -2.29. The SMILES string of the molecule is CC(C)C[C@@H](N)c1nc(C2CSC(C)C(C)S2)no1. The van der Waals surface area contributed by atoms with Crippen LogP contribution in [0, 0.1) is 5.92 Å². The van der Waals surface area contributed by atoms with E-state index in [1.165, 1.54) is 0 Å². The summed E-state index contributed by atoms with van der Waals surface area (Å²) in [5.74, 6) is 2.98. The zero-order valence-corrected chi connectivity index (χ0v) is 13.6. The summed E-state index contributed by atoms with van der Waals surface area (Å²) in [5, 5.41) is 5.77. The van der Waals surface area contributed by atoms with Gasteiger partial charge < -0.3 is 10.3 Å². The van der Waals surface area contributed by atoms with Gasteiger partial charge in [0, 0.05) is 16.3 Å². The third-order valence-corrected chi connectivity index (χ3v) is 6.73. The molecule has 4 atom stereocenters. The van der Waals surface area contributed by atoms with Crippen LogP contribution >= 0.6 is 23.5 Å². The zero-order valence-electron chi connectivity index (χ0n) is 12.0. The summed E-state index contributed by atoms with van der Waals surface area (Å²) in [6.45, 7) is 8.83. The van der Waals surface area contributed by atoms with Crippen LogP contribution < -0.4 is 5.73 Å². The van der Waals surface area contributed by atoms with Crippen LogP contribution in [-0.2, 0) is 0 Å². The van der Waals surface area contributed by atoms with E-state index < -0.39 is 0 Å². The van der Waals surface area contributed by atoms with Gasteiger partial charge in [0.1, 0.15) is 0 Å². The molecule has 0 amide bonds. The monoisotopic (exact) mass is 301 g/mol.